The van der Waals surface area contributed by atoms with Crippen molar-refractivity contribution < 1.29 is 5.11 Å². The quantitative estimate of drug-likeness (QED) is 0.766. The number of aromatic nitrogens is 2. The van der Waals surface area contributed by atoms with Crippen LogP contribution in [-0.2, 0) is 6.54 Å². The second-order valence-electron chi connectivity index (χ2n) is 4.52. The molecule has 0 fully saturated rings. The Morgan fingerprint density at radius 2 is 2.39 bits per heavy atom. The average Bonchev–Trinajstić information content (AvgIpc) is 2.88. The maximum atomic E-state index is 8.92. The molecule has 0 aliphatic rings. The molecule has 0 amide bonds. The number of nitrogens with zero attached hydrogens (tertiary/aromatic N) is 2. The summed E-state index contributed by atoms with van der Waals surface area (Å²) in [7, 11) is 0. The smallest absolute Gasteiger partial charge is 0.194 e. The zero-order valence-electron chi connectivity index (χ0n) is 10.7. The number of aliphatic hydroxyl groups excluding tert-OH is 1. The third-order valence-corrected chi connectivity index (χ3v) is 4.24. The number of fused-ring (bicyclic) bond motifs is 1. The normalized spacial score (nSPS) is 11.8. The van der Waals surface area contributed by atoms with E-state index in [1.807, 2.05) is 0 Å². The van der Waals surface area contributed by atoms with Gasteiger partial charge in [0, 0.05) is 23.9 Å². The molecule has 2 aromatic heterocycles. The summed E-state index contributed by atoms with van der Waals surface area (Å²) in [5, 5.41) is 15.5. The number of hydrogen-bond acceptors (Lipinski definition) is 5. The van der Waals surface area contributed by atoms with E-state index in [2.05, 4.69) is 40.1 Å². The van der Waals surface area contributed by atoms with Gasteiger partial charge in [0.15, 0.2) is 4.96 Å². The molecule has 0 spiro atoms. The highest BCUT2D eigenvalue weighted by molar-refractivity contribution is 7.99. The van der Waals surface area contributed by atoms with Crippen LogP contribution in [0, 0.1) is 5.92 Å². The molecule has 0 aromatic carbocycles. The third kappa shape index (κ3) is 3.26. The lowest BCUT2D eigenvalue weighted by molar-refractivity contribution is 0.322. The molecule has 100 valence electrons. The molecule has 0 radical (unpaired) electrons. The lowest BCUT2D eigenvalue weighted by atomic mass is 10.2. The molecule has 2 N–H and O–H groups in total. The van der Waals surface area contributed by atoms with Gasteiger partial charge in [0.1, 0.15) is 5.03 Å². The van der Waals surface area contributed by atoms with Crippen molar-refractivity contribution in [3.05, 3.63) is 17.3 Å². The van der Waals surface area contributed by atoms with Crippen molar-refractivity contribution in [3.63, 3.8) is 0 Å². The molecule has 4 nitrogen and oxygen atoms in total. The Labute approximate surface area is 115 Å². The second kappa shape index (κ2) is 6.56. The summed E-state index contributed by atoms with van der Waals surface area (Å²) in [5.74, 6) is 1.34. The van der Waals surface area contributed by atoms with E-state index < -0.39 is 0 Å². The Hall–Kier alpha value is -0.560. The molecule has 2 aromatic rings. The summed E-state index contributed by atoms with van der Waals surface area (Å²) < 4.78 is 2.14. The molecule has 6 heteroatoms. The van der Waals surface area contributed by atoms with E-state index in [-0.39, 0.29) is 6.61 Å². The van der Waals surface area contributed by atoms with Crippen molar-refractivity contribution in [2.24, 2.45) is 5.92 Å². The monoisotopic (exact) mass is 285 g/mol. The fourth-order valence-corrected chi connectivity index (χ4v) is 3.27. The molecule has 18 heavy (non-hydrogen) atoms. The fraction of sp³-hybridized carbons (Fsp3) is 0.583. The highest BCUT2D eigenvalue weighted by Gasteiger charge is 2.13. The van der Waals surface area contributed by atoms with Gasteiger partial charge in [-0.25, -0.2) is 4.98 Å². The van der Waals surface area contributed by atoms with E-state index in [0.717, 1.165) is 23.1 Å². The van der Waals surface area contributed by atoms with E-state index in [1.54, 1.807) is 23.1 Å². The highest BCUT2D eigenvalue weighted by atomic mass is 32.2. The molecule has 0 saturated carbocycles. The zero-order valence-corrected chi connectivity index (χ0v) is 12.4. The van der Waals surface area contributed by atoms with Gasteiger partial charge in [-0.15, -0.1) is 23.1 Å². The zero-order chi connectivity index (χ0) is 13.0. The molecule has 0 aliphatic carbocycles. The SMILES string of the molecule is CC(C)CNCc1c(SCCO)nc2sccn12. The predicted octanol–water partition coefficient (Wildman–Crippen LogP) is 2.23. The maximum Gasteiger partial charge on any atom is 0.194 e. The summed E-state index contributed by atoms with van der Waals surface area (Å²) in [6.07, 6.45) is 2.06. The van der Waals surface area contributed by atoms with Crippen LogP contribution in [0.5, 0.6) is 0 Å². The number of imidazole rings is 1. The Bertz CT molecular complexity index is 492. The molecule has 0 atom stereocenters. The van der Waals surface area contributed by atoms with Crippen LogP contribution in [0.25, 0.3) is 4.96 Å². The second-order valence-corrected chi connectivity index (χ2v) is 6.47. The molecular formula is C12H19N3OS2. The van der Waals surface area contributed by atoms with Crippen LogP contribution in [-0.4, -0.2) is 33.4 Å². The summed E-state index contributed by atoms with van der Waals surface area (Å²) in [4.78, 5) is 5.63. The van der Waals surface area contributed by atoms with Crippen LogP contribution in [0.2, 0.25) is 0 Å². The lowest BCUT2D eigenvalue weighted by Gasteiger charge is -2.08. The Kier molecular flexibility index (Phi) is 5.05. The first-order valence-electron chi connectivity index (χ1n) is 6.11. The molecule has 0 unspecified atom stereocenters. The summed E-state index contributed by atoms with van der Waals surface area (Å²) >= 11 is 3.26. The van der Waals surface area contributed by atoms with Gasteiger partial charge in [-0.3, -0.25) is 4.40 Å². The van der Waals surface area contributed by atoms with Gasteiger partial charge in [0.05, 0.1) is 12.3 Å². The molecule has 0 saturated heterocycles. The largest absolute Gasteiger partial charge is 0.396 e. The van der Waals surface area contributed by atoms with Gasteiger partial charge in [-0.2, -0.15) is 0 Å². The Morgan fingerprint density at radius 1 is 1.56 bits per heavy atom. The van der Waals surface area contributed by atoms with Crippen LogP contribution in [0.4, 0.5) is 0 Å². The number of hydrogen-bond donors (Lipinski definition) is 2. The first kappa shape index (κ1) is 13.9. The number of aliphatic hydroxyl groups is 1. The van der Waals surface area contributed by atoms with Crippen molar-refractivity contribution in [3.8, 4) is 0 Å². The third-order valence-electron chi connectivity index (χ3n) is 2.50. The lowest BCUT2D eigenvalue weighted by Crippen LogP contribution is -2.20. The average molecular weight is 285 g/mol. The summed E-state index contributed by atoms with van der Waals surface area (Å²) in [6.45, 7) is 6.41. The summed E-state index contributed by atoms with van der Waals surface area (Å²) in [6, 6.07) is 0. The summed E-state index contributed by atoms with van der Waals surface area (Å²) in [5.41, 5.74) is 1.20. The van der Waals surface area contributed by atoms with E-state index >= 15 is 0 Å². The van der Waals surface area contributed by atoms with E-state index in [0.29, 0.717) is 11.7 Å². The van der Waals surface area contributed by atoms with Crippen molar-refractivity contribution in [1.82, 2.24) is 14.7 Å². The minimum Gasteiger partial charge on any atom is -0.396 e. The minimum absolute atomic E-state index is 0.189. The first-order chi connectivity index (χ1) is 8.72. The van der Waals surface area contributed by atoms with Gasteiger partial charge in [-0.1, -0.05) is 13.8 Å². The molecule has 2 heterocycles. The Balaban J connectivity index is 2.12. The minimum atomic E-state index is 0.189. The number of rotatable bonds is 7. The maximum absolute atomic E-state index is 8.92. The van der Waals surface area contributed by atoms with Crippen molar-refractivity contribution in [2.75, 3.05) is 18.9 Å². The predicted molar refractivity (Wildman–Crippen MR) is 77.4 cm³/mol. The number of thiazole rings is 1. The number of nitrogens with one attached hydrogen (secondary N) is 1. The van der Waals surface area contributed by atoms with E-state index in [4.69, 9.17) is 5.11 Å². The van der Waals surface area contributed by atoms with Gasteiger partial charge < -0.3 is 10.4 Å². The van der Waals surface area contributed by atoms with Gasteiger partial charge in [0.2, 0.25) is 0 Å². The van der Waals surface area contributed by atoms with Crippen LogP contribution >= 0.6 is 23.1 Å². The standard InChI is InChI=1S/C12H19N3OS2/c1-9(2)7-13-8-10-11(17-6-4-16)14-12-15(10)3-5-18-12/h3,5,9,13,16H,4,6-8H2,1-2H3. The fourth-order valence-electron chi connectivity index (χ4n) is 1.71. The van der Waals surface area contributed by atoms with Crippen molar-refractivity contribution >= 4 is 28.1 Å². The molecule has 0 aliphatic heterocycles. The van der Waals surface area contributed by atoms with Crippen LogP contribution in [0.15, 0.2) is 16.6 Å². The van der Waals surface area contributed by atoms with Crippen LogP contribution in [0.3, 0.4) is 0 Å². The van der Waals surface area contributed by atoms with Gasteiger partial charge in [0.25, 0.3) is 0 Å². The van der Waals surface area contributed by atoms with Crippen molar-refractivity contribution in [1.29, 1.82) is 0 Å². The molecular weight excluding hydrogens is 266 g/mol. The molecule has 0 bridgehead atoms. The molecule has 2 rings (SSSR count). The van der Waals surface area contributed by atoms with Crippen LogP contribution in [0.1, 0.15) is 19.5 Å². The van der Waals surface area contributed by atoms with Gasteiger partial charge in [-0.05, 0) is 12.5 Å². The van der Waals surface area contributed by atoms with Crippen LogP contribution < -0.4 is 5.32 Å². The van der Waals surface area contributed by atoms with Crippen molar-refractivity contribution in [2.45, 2.75) is 25.4 Å². The van der Waals surface area contributed by atoms with E-state index in [1.165, 1.54) is 5.69 Å². The number of thioether (sulfide) groups is 1. The first-order valence-corrected chi connectivity index (χ1v) is 7.97. The topological polar surface area (TPSA) is 49.6 Å². The highest BCUT2D eigenvalue weighted by Crippen LogP contribution is 2.25. The van der Waals surface area contributed by atoms with Gasteiger partial charge >= 0.3 is 0 Å². The Morgan fingerprint density at radius 3 is 3.11 bits per heavy atom. The van der Waals surface area contributed by atoms with E-state index in [9.17, 15) is 0 Å².